The van der Waals surface area contributed by atoms with E-state index < -0.39 is 0 Å². The van der Waals surface area contributed by atoms with Gasteiger partial charge in [0.1, 0.15) is 0 Å². The molecule has 1 saturated carbocycles. The van der Waals surface area contributed by atoms with Crippen LogP contribution in [0.25, 0.3) is 0 Å². The van der Waals surface area contributed by atoms with E-state index in [0.717, 1.165) is 19.1 Å². The lowest BCUT2D eigenvalue weighted by atomic mass is 10.3. The first-order valence-corrected chi connectivity index (χ1v) is 6.58. The Balaban J connectivity index is 1.89. The summed E-state index contributed by atoms with van der Waals surface area (Å²) in [5.41, 5.74) is 1.39. The lowest BCUT2D eigenvalue weighted by Gasteiger charge is -2.25. The zero-order valence-corrected chi connectivity index (χ0v) is 10.7. The molecule has 3 nitrogen and oxygen atoms in total. The summed E-state index contributed by atoms with van der Waals surface area (Å²) in [5, 5.41) is 4.34. The van der Waals surface area contributed by atoms with Crippen molar-refractivity contribution in [3.8, 4) is 0 Å². The van der Waals surface area contributed by atoms with E-state index >= 15 is 0 Å². The first-order chi connectivity index (χ1) is 7.83. The van der Waals surface area contributed by atoms with Crippen LogP contribution in [0.4, 0.5) is 0 Å². The van der Waals surface area contributed by atoms with Gasteiger partial charge < -0.3 is 9.47 Å². The number of hydrogen-bond donors (Lipinski definition) is 0. The van der Waals surface area contributed by atoms with Crippen LogP contribution in [0, 0.1) is 0 Å². The van der Waals surface area contributed by atoms with Gasteiger partial charge in [-0.25, -0.2) is 0 Å². The highest BCUT2D eigenvalue weighted by Gasteiger charge is 2.30. The van der Waals surface area contributed by atoms with Crippen LogP contribution in [0.2, 0.25) is 0 Å². The standard InChI is InChI=1S/C12H19NO2S/c1-14-12(15-2)8-13(11-3-4-11)7-10-5-6-16-9-10/h5-6,9,11-12H,3-4,7-8H2,1-2H3. The van der Waals surface area contributed by atoms with Crippen molar-refractivity contribution in [3.05, 3.63) is 22.4 Å². The molecule has 0 aliphatic heterocycles. The monoisotopic (exact) mass is 241 g/mol. The maximum atomic E-state index is 5.27. The molecule has 0 aromatic carbocycles. The quantitative estimate of drug-likeness (QED) is 0.684. The third-order valence-corrected chi connectivity index (χ3v) is 3.67. The summed E-state index contributed by atoms with van der Waals surface area (Å²) in [7, 11) is 3.40. The summed E-state index contributed by atoms with van der Waals surface area (Å²) in [5.74, 6) is 0. The van der Waals surface area contributed by atoms with Gasteiger partial charge in [0, 0.05) is 26.8 Å². The molecule has 16 heavy (non-hydrogen) atoms. The molecular weight excluding hydrogens is 222 g/mol. The van der Waals surface area contributed by atoms with Crippen molar-refractivity contribution in [1.82, 2.24) is 4.90 Å². The highest BCUT2D eigenvalue weighted by Crippen LogP contribution is 2.29. The topological polar surface area (TPSA) is 21.7 Å². The molecule has 90 valence electrons. The molecule has 0 amide bonds. The molecule has 1 aromatic heterocycles. The molecule has 0 spiro atoms. The van der Waals surface area contributed by atoms with Crippen molar-refractivity contribution in [2.45, 2.75) is 31.7 Å². The van der Waals surface area contributed by atoms with E-state index in [0.29, 0.717) is 0 Å². The average Bonchev–Trinajstić information content (AvgIpc) is 3.03. The van der Waals surface area contributed by atoms with Gasteiger partial charge in [-0.15, -0.1) is 0 Å². The van der Waals surface area contributed by atoms with Gasteiger partial charge in [-0.1, -0.05) is 0 Å². The van der Waals surface area contributed by atoms with Gasteiger partial charge in [-0.05, 0) is 35.2 Å². The van der Waals surface area contributed by atoms with Gasteiger partial charge in [-0.2, -0.15) is 11.3 Å². The number of ether oxygens (including phenoxy) is 2. The average molecular weight is 241 g/mol. The van der Waals surface area contributed by atoms with Crippen LogP contribution in [0.3, 0.4) is 0 Å². The van der Waals surface area contributed by atoms with E-state index in [1.165, 1.54) is 18.4 Å². The van der Waals surface area contributed by atoms with Crippen LogP contribution < -0.4 is 0 Å². The molecular formula is C12H19NO2S. The van der Waals surface area contributed by atoms with Crippen molar-refractivity contribution < 1.29 is 9.47 Å². The molecule has 1 aliphatic rings. The van der Waals surface area contributed by atoms with Crippen LogP contribution in [0.5, 0.6) is 0 Å². The largest absolute Gasteiger partial charge is 0.355 e. The van der Waals surface area contributed by atoms with E-state index in [-0.39, 0.29) is 6.29 Å². The first-order valence-electron chi connectivity index (χ1n) is 5.64. The second-order valence-corrected chi connectivity index (χ2v) is 4.97. The summed E-state index contributed by atoms with van der Waals surface area (Å²) in [6.07, 6.45) is 2.51. The zero-order valence-electron chi connectivity index (χ0n) is 9.89. The molecule has 0 saturated heterocycles. The number of rotatable bonds is 7. The number of nitrogens with zero attached hydrogens (tertiary/aromatic N) is 1. The molecule has 2 rings (SSSR count). The molecule has 1 aromatic rings. The van der Waals surface area contributed by atoms with Crippen LogP contribution >= 0.6 is 11.3 Å². The van der Waals surface area contributed by atoms with Crippen LogP contribution in [0.15, 0.2) is 16.8 Å². The normalized spacial score (nSPS) is 16.2. The van der Waals surface area contributed by atoms with Crippen molar-refractivity contribution in [3.63, 3.8) is 0 Å². The predicted octanol–water partition coefficient (Wildman–Crippen LogP) is 2.33. The molecule has 0 unspecified atom stereocenters. The molecule has 4 heteroatoms. The summed E-state index contributed by atoms with van der Waals surface area (Å²) in [4.78, 5) is 2.46. The maximum Gasteiger partial charge on any atom is 0.169 e. The lowest BCUT2D eigenvalue weighted by molar-refractivity contribution is -0.118. The highest BCUT2D eigenvalue weighted by molar-refractivity contribution is 7.07. The smallest absolute Gasteiger partial charge is 0.169 e. The molecule has 1 heterocycles. The van der Waals surface area contributed by atoms with Crippen LogP contribution in [-0.2, 0) is 16.0 Å². The molecule has 1 fully saturated rings. The molecule has 0 radical (unpaired) electrons. The van der Waals surface area contributed by atoms with Gasteiger partial charge in [0.25, 0.3) is 0 Å². The minimum absolute atomic E-state index is 0.112. The van der Waals surface area contributed by atoms with E-state index in [2.05, 4.69) is 21.7 Å². The minimum atomic E-state index is -0.112. The Labute approximate surface area is 101 Å². The summed E-state index contributed by atoms with van der Waals surface area (Å²) < 4.78 is 10.5. The number of thiophene rings is 1. The van der Waals surface area contributed by atoms with Crippen LogP contribution in [0.1, 0.15) is 18.4 Å². The Morgan fingerprint density at radius 3 is 2.69 bits per heavy atom. The van der Waals surface area contributed by atoms with Crippen molar-refractivity contribution >= 4 is 11.3 Å². The minimum Gasteiger partial charge on any atom is -0.355 e. The van der Waals surface area contributed by atoms with Crippen molar-refractivity contribution in [2.75, 3.05) is 20.8 Å². The first kappa shape index (κ1) is 12.0. The summed E-state index contributed by atoms with van der Waals surface area (Å²) in [6.45, 7) is 1.87. The summed E-state index contributed by atoms with van der Waals surface area (Å²) in [6, 6.07) is 2.92. The van der Waals surface area contributed by atoms with E-state index in [9.17, 15) is 0 Å². The van der Waals surface area contributed by atoms with E-state index in [1.807, 2.05) is 0 Å². The Morgan fingerprint density at radius 1 is 1.44 bits per heavy atom. The van der Waals surface area contributed by atoms with Gasteiger partial charge in [-0.3, -0.25) is 4.90 Å². The Morgan fingerprint density at radius 2 is 2.19 bits per heavy atom. The molecule has 0 bridgehead atoms. The van der Waals surface area contributed by atoms with Gasteiger partial charge in [0.15, 0.2) is 6.29 Å². The predicted molar refractivity (Wildman–Crippen MR) is 65.6 cm³/mol. The fourth-order valence-corrected chi connectivity index (χ4v) is 2.50. The number of methoxy groups -OCH3 is 2. The zero-order chi connectivity index (χ0) is 11.4. The van der Waals surface area contributed by atoms with Gasteiger partial charge >= 0.3 is 0 Å². The fourth-order valence-electron chi connectivity index (χ4n) is 1.84. The van der Waals surface area contributed by atoms with Gasteiger partial charge in [0.2, 0.25) is 0 Å². The Kier molecular flexibility index (Phi) is 4.35. The Bertz CT molecular complexity index is 294. The fraction of sp³-hybridized carbons (Fsp3) is 0.667. The van der Waals surface area contributed by atoms with Crippen molar-refractivity contribution in [1.29, 1.82) is 0 Å². The lowest BCUT2D eigenvalue weighted by Crippen LogP contribution is -2.35. The van der Waals surface area contributed by atoms with E-state index in [1.54, 1.807) is 25.6 Å². The van der Waals surface area contributed by atoms with Crippen molar-refractivity contribution in [2.24, 2.45) is 0 Å². The van der Waals surface area contributed by atoms with E-state index in [4.69, 9.17) is 9.47 Å². The summed E-state index contributed by atoms with van der Waals surface area (Å²) >= 11 is 1.75. The second-order valence-electron chi connectivity index (χ2n) is 4.19. The molecule has 0 atom stereocenters. The van der Waals surface area contributed by atoms with Gasteiger partial charge in [0.05, 0.1) is 6.54 Å². The highest BCUT2D eigenvalue weighted by atomic mass is 32.1. The third kappa shape index (κ3) is 3.28. The molecule has 0 N–H and O–H groups in total. The number of hydrogen-bond acceptors (Lipinski definition) is 4. The SMILES string of the molecule is COC(CN(Cc1ccsc1)C1CC1)OC. The molecule has 1 aliphatic carbocycles. The second kappa shape index (κ2) is 5.77. The Hall–Kier alpha value is -0.420. The van der Waals surface area contributed by atoms with Crippen LogP contribution in [-0.4, -0.2) is 38.0 Å². The maximum absolute atomic E-state index is 5.27. The third-order valence-electron chi connectivity index (χ3n) is 2.94.